The first-order chi connectivity index (χ1) is 9.10. The lowest BCUT2D eigenvalue weighted by atomic mass is 9.86. The predicted molar refractivity (Wildman–Crippen MR) is 76.3 cm³/mol. The number of nitrogens with one attached hydrogen (secondary N) is 1. The molecule has 0 unspecified atom stereocenters. The van der Waals surface area contributed by atoms with Crippen LogP contribution in [0.4, 0.5) is 5.69 Å². The van der Waals surface area contributed by atoms with Crippen LogP contribution in [-0.4, -0.2) is 19.1 Å². The summed E-state index contributed by atoms with van der Waals surface area (Å²) >= 11 is 0. The summed E-state index contributed by atoms with van der Waals surface area (Å²) in [5, 5.41) is 2.97. The van der Waals surface area contributed by atoms with Gasteiger partial charge in [-0.05, 0) is 50.3 Å². The molecule has 4 heteroatoms. The molecule has 0 heterocycles. The summed E-state index contributed by atoms with van der Waals surface area (Å²) in [4.78, 5) is 12.2. The first kappa shape index (κ1) is 13.9. The maximum absolute atomic E-state index is 12.2. The molecule has 0 atom stereocenters. The van der Waals surface area contributed by atoms with Crippen molar-refractivity contribution in [2.45, 2.75) is 38.6 Å². The number of ether oxygens (including phenoxy) is 1. The molecule has 0 spiro atoms. The van der Waals surface area contributed by atoms with E-state index in [1.54, 1.807) is 7.11 Å². The van der Waals surface area contributed by atoms with Gasteiger partial charge in [0.2, 0.25) is 5.91 Å². The largest absolute Gasteiger partial charge is 0.495 e. The molecule has 2 rings (SSSR count). The van der Waals surface area contributed by atoms with Crippen LogP contribution in [0.15, 0.2) is 18.2 Å². The second kappa shape index (κ2) is 6.06. The molecule has 1 amide bonds. The first-order valence-electron chi connectivity index (χ1n) is 6.81. The van der Waals surface area contributed by atoms with Crippen LogP contribution in [0, 0.1) is 12.8 Å². The van der Waals surface area contributed by atoms with Gasteiger partial charge in [0.25, 0.3) is 0 Å². The van der Waals surface area contributed by atoms with E-state index in [9.17, 15) is 4.79 Å². The summed E-state index contributed by atoms with van der Waals surface area (Å²) in [6.07, 6.45) is 3.62. The fourth-order valence-electron chi connectivity index (χ4n) is 2.52. The van der Waals surface area contributed by atoms with Crippen LogP contribution in [0.2, 0.25) is 0 Å². The van der Waals surface area contributed by atoms with Gasteiger partial charge < -0.3 is 15.8 Å². The molecular formula is C15H22N2O2. The van der Waals surface area contributed by atoms with Crippen molar-refractivity contribution >= 4 is 11.6 Å². The summed E-state index contributed by atoms with van der Waals surface area (Å²) in [6, 6.07) is 6.04. The SMILES string of the molecule is COc1cc(C)ccc1NC(=O)C1CCC(N)CC1. The number of anilines is 1. The molecule has 19 heavy (non-hydrogen) atoms. The topological polar surface area (TPSA) is 64.3 Å². The average molecular weight is 262 g/mol. The van der Waals surface area contributed by atoms with Gasteiger partial charge in [-0.15, -0.1) is 0 Å². The number of carbonyl (C=O) groups excluding carboxylic acids is 1. The van der Waals surface area contributed by atoms with Crippen LogP contribution in [0.1, 0.15) is 31.2 Å². The van der Waals surface area contributed by atoms with E-state index in [4.69, 9.17) is 10.5 Å². The molecule has 1 aromatic carbocycles. The van der Waals surface area contributed by atoms with Gasteiger partial charge in [0.15, 0.2) is 0 Å². The number of nitrogens with two attached hydrogens (primary N) is 1. The molecule has 0 aliphatic heterocycles. The van der Waals surface area contributed by atoms with E-state index in [0.29, 0.717) is 5.75 Å². The maximum atomic E-state index is 12.2. The van der Waals surface area contributed by atoms with Crippen LogP contribution in [0.3, 0.4) is 0 Å². The second-order valence-corrected chi connectivity index (χ2v) is 5.30. The molecule has 0 radical (unpaired) electrons. The number of aryl methyl sites for hydroxylation is 1. The predicted octanol–water partition coefficient (Wildman–Crippen LogP) is 2.46. The van der Waals surface area contributed by atoms with E-state index in [2.05, 4.69) is 5.32 Å². The monoisotopic (exact) mass is 262 g/mol. The highest BCUT2D eigenvalue weighted by atomic mass is 16.5. The highest BCUT2D eigenvalue weighted by molar-refractivity contribution is 5.94. The lowest BCUT2D eigenvalue weighted by molar-refractivity contribution is -0.120. The Kier molecular flexibility index (Phi) is 4.43. The zero-order chi connectivity index (χ0) is 13.8. The second-order valence-electron chi connectivity index (χ2n) is 5.30. The standard InChI is InChI=1S/C15H22N2O2/c1-10-3-8-13(14(9-10)19-2)17-15(18)11-4-6-12(16)7-5-11/h3,8-9,11-12H,4-7,16H2,1-2H3,(H,17,18). The lowest BCUT2D eigenvalue weighted by Crippen LogP contribution is -2.32. The molecule has 1 aliphatic rings. The molecule has 1 fully saturated rings. The van der Waals surface area contributed by atoms with Crippen molar-refractivity contribution in [3.05, 3.63) is 23.8 Å². The zero-order valence-corrected chi connectivity index (χ0v) is 11.6. The quantitative estimate of drug-likeness (QED) is 0.879. The van der Waals surface area contributed by atoms with E-state index in [-0.39, 0.29) is 17.9 Å². The third-order valence-electron chi connectivity index (χ3n) is 3.76. The fourth-order valence-corrected chi connectivity index (χ4v) is 2.52. The van der Waals surface area contributed by atoms with Crippen LogP contribution in [0.5, 0.6) is 5.75 Å². The number of hydrogen-bond acceptors (Lipinski definition) is 3. The van der Waals surface area contributed by atoms with Gasteiger partial charge >= 0.3 is 0 Å². The summed E-state index contributed by atoms with van der Waals surface area (Å²) in [5.74, 6) is 0.862. The highest BCUT2D eigenvalue weighted by Crippen LogP contribution is 2.28. The minimum atomic E-state index is 0.0748. The van der Waals surface area contributed by atoms with E-state index in [1.807, 2.05) is 25.1 Å². The molecule has 0 bridgehead atoms. The molecule has 1 aliphatic carbocycles. The Hall–Kier alpha value is -1.55. The smallest absolute Gasteiger partial charge is 0.227 e. The minimum Gasteiger partial charge on any atom is -0.495 e. The summed E-state index contributed by atoms with van der Waals surface area (Å²) in [5.41, 5.74) is 7.71. The third-order valence-corrected chi connectivity index (χ3v) is 3.76. The van der Waals surface area contributed by atoms with Crippen LogP contribution < -0.4 is 15.8 Å². The van der Waals surface area contributed by atoms with Crippen molar-refractivity contribution in [2.24, 2.45) is 11.7 Å². The van der Waals surface area contributed by atoms with Gasteiger partial charge in [-0.3, -0.25) is 4.79 Å². The van der Waals surface area contributed by atoms with Crippen molar-refractivity contribution in [2.75, 3.05) is 12.4 Å². The first-order valence-corrected chi connectivity index (χ1v) is 6.81. The number of carbonyl (C=O) groups is 1. The van der Waals surface area contributed by atoms with Gasteiger partial charge in [-0.25, -0.2) is 0 Å². The molecule has 104 valence electrons. The number of amides is 1. The third kappa shape index (κ3) is 3.47. The van der Waals surface area contributed by atoms with E-state index in [0.717, 1.165) is 36.9 Å². The molecule has 1 aromatic rings. The van der Waals surface area contributed by atoms with Crippen molar-refractivity contribution in [3.63, 3.8) is 0 Å². The molecule has 1 saturated carbocycles. The van der Waals surface area contributed by atoms with Gasteiger partial charge in [0.05, 0.1) is 12.8 Å². The van der Waals surface area contributed by atoms with Crippen molar-refractivity contribution < 1.29 is 9.53 Å². The van der Waals surface area contributed by atoms with Crippen molar-refractivity contribution in [1.82, 2.24) is 0 Å². The highest BCUT2D eigenvalue weighted by Gasteiger charge is 2.25. The van der Waals surface area contributed by atoms with E-state index in [1.165, 1.54) is 0 Å². The fraction of sp³-hybridized carbons (Fsp3) is 0.533. The Labute approximate surface area is 114 Å². The average Bonchev–Trinajstić information content (AvgIpc) is 2.41. The van der Waals surface area contributed by atoms with Crippen molar-refractivity contribution in [3.8, 4) is 5.75 Å². The summed E-state index contributed by atoms with van der Waals surface area (Å²) in [6.45, 7) is 2.00. The van der Waals surface area contributed by atoms with Crippen molar-refractivity contribution in [1.29, 1.82) is 0 Å². The van der Waals surface area contributed by atoms with Gasteiger partial charge in [0, 0.05) is 12.0 Å². The Bertz CT molecular complexity index is 451. The van der Waals surface area contributed by atoms with E-state index < -0.39 is 0 Å². The Morgan fingerprint density at radius 1 is 1.32 bits per heavy atom. The maximum Gasteiger partial charge on any atom is 0.227 e. The molecular weight excluding hydrogens is 240 g/mol. The molecule has 3 N–H and O–H groups in total. The number of methoxy groups -OCH3 is 1. The van der Waals surface area contributed by atoms with Crippen LogP contribution >= 0.6 is 0 Å². The molecule has 0 saturated heterocycles. The van der Waals surface area contributed by atoms with Crippen LogP contribution in [0.25, 0.3) is 0 Å². The molecule has 0 aromatic heterocycles. The Balaban J connectivity index is 2.02. The minimum absolute atomic E-state index is 0.0748. The number of benzene rings is 1. The molecule has 4 nitrogen and oxygen atoms in total. The lowest BCUT2D eigenvalue weighted by Gasteiger charge is -2.25. The summed E-state index contributed by atoms with van der Waals surface area (Å²) < 4.78 is 5.30. The summed E-state index contributed by atoms with van der Waals surface area (Å²) in [7, 11) is 1.62. The normalized spacial score (nSPS) is 22.9. The zero-order valence-electron chi connectivity index (χ0n) is 11.6. The number of hydrogen-bond donors (Lipinski definition) is 2. The van der Waals surface area contributed by atoms with Crippen LogP contribution in [-0.2, 0) is 4.79 Å². The number of rotatable bonds is 3. The van der Waals surface area contributed by atoms with Gasteiger partial charge in [0.1, 0.15) is 5.75 Å². The van der Waals surface area contributed by atoms with Gasteiger partial charge in [-0.2, -0.15) is 0 Å². The van der Waals surface area contributed by atoms with E-state index >= 15 is 0 Å². The Morgan fingerprint density at radius 3 is 2.63 bits per heavy atom. The Morgan fingerprint density at radius 2 is 2.00 bits per heavy atom. The van der Waals surface area contributed by atoms with Gasteiger partial charge in [-0.1, -0.05) is 6.07 Å².